The molecule has 0 bridgehead atoms. The fourth-order valence-corrected chi connectivity index (χ4v) is 2.89. The van der Waals surface area contributed by atoms with Gasteiger partial charge in [-0.1, -0.05) is 44.2 Å². The molecule has 3 N–H and O–H groups in total. The molecule has 144 valence electrons. The highest BCUT2D eigenvalue weighted by Crippen LogP contribution is 2.14. The second-order valence-corrected chi connectivity index (χ2v) is 6.17. The molecule has 3 atom stereocenters. The SMILES string of the molecule is CCC(NC(=O)[C@@H](N)CC)C1CN(Cc2ccccc2)CCO1.Cl.Cl. The fraction of sp³-hybridized carbons (Fsp3) is 0.611. The van der Waals surface area contributed by atoms with Crippen LogP contribution in [0.5, 0.6) is 0 Å². The van der Waals surface area contributed by atoms with Gasteiger partial charge in [0.05, 0.1) is 24.8 Å². The summed E-state index contributed by atoms with van der Waals surface area (Å²) in [5.41, 5.74) is 7.12. The van der Waals surface area contributed by atoms with Gasteiger partial charge >= 0.3 is 0 Å². The number of hydrogen-bond donors (Lipinski definition) is 2. The minimum atomic E-state index is -0.437. The summed E-state index contributed by atoms with van der Waals surface area (Å²) in [4.78, 5) is 14.4. The van der Waals surface area contributed by atoms with Crippen LogP contribution in [0.3, 0.4) is 0 Å². The first kappa shape index (κ1) is 24.1. The van der Waals surface area contributed by atoms with Gasteiger partial charge in [-0.3, -0.25) is 9.69 Å². The van der Waals surface area contributed by atoms with Crippen molar-refractivity contribution >= 4 is 30.7 Å². The molecule has 2 rings (SSSR count). The topological polar surface area (TPSA) is 67.6 Å². The average molecular weight is 392 g/mol. The lowest BCUT2D eigenvalue weighted by Gasteiger charge is -2.37. The third-order valence-electron chi connectivity index (χ3n) is 4.42. The van der Waals surface area contributed by atoms with Crippen molar-refractivity contribution < 1.29 is 9.53 Å². The Kier molecular flexibility index (Phi) is 12.1. The van der Waals surface area contributed by atoms with E-state index in [0.29, 0.717) is 13.0 Å². The predicted octanol–water partition coefficient (Wildman–Crippen LogP) is 2.36. The van der Waals surface area contributed by atoms with Gasteiger partial charge in [-0.15, -0.1) is 24.8 Å². The van der Waals surface area contributed by atoms with Crippen molar-refractivity contribution in [1.82, 2.24) is 10.2 Å². The van der Waals surface area contributed by atoms with Crippen LogP contribution in [0.15, 0.2) is 30.3 Å². The molecule has 7 heteroatoms. The highest BCUT2D eigenvalue weighted by Gasteiger charge is 2.29. The van der Waals surface area contributed by atoms with E-state index in [1.165, 1.54) is 5.56 Å². The molecular weight excluding hydrogens is 361 g/mol. The monoisotopic (exact) mass is 391 g/mol. The highest BCUT2D eigenvalue weighted by molar-refractivity contribution is 5.85. The molecule has 1 aliphatic heterocycles. The van der Waals surface area contributed by atoms with E-state index in [-0.39, 0.29) is 42.9 Å². The lowest BCUT2D eigenvalue weighted by molar-refractivity contribution is -0.125. The van der Waals surface area contributed by atoms with Crippen molar-refractivity contribution in [2.24, 2.45) is 5.73 Å². The Bertz CT molecular complexity index is 490. The van der Waals surface area contributed by atoms with E-state index in [2.05, 4.69) is 41.4 Å². The molecule has 5 nitrogen and oxygen atoms in total. The van der Waals surface area contributed by atoms with Gasteiger partial charge in [-0.25, -0.2) is 0 Å². The molecular formula is C18H31Cl2N3O2. The van der Waals surface area contributed by atoms with Gasteiger partial charge in [0.1, 0.15) is 0 Å². The Labute approximate surface area is 163 Å². The van der Waals surface area contributed by atoms with Crippen LogP contribution in [0.1, 0.15) is 32.3 Å². The molecule has 2 unspecified atom stereocenters. The Morgan fingerprint density at radius 3 is 2.56 bits per heavy atom. The highest BCUT2D eigenvalue weighted by atomic mass is 35.5. The number of carbonyl (C=O) groups is 1. The number of benzene rings is 1. The van der Waals surface area contributed by atoms with Crippen LogP contribution in [-0.4, -0.2) is 48.7 Å². The number of hydrogen-bond acceptors (Lipinski definition) is 4. The van der Waals surface area contributed by atoms with Gasteiger partial charge in [-0.2, -0.15) is 0 Å². The molecule has 1 heterocycles. The summed E-state index contributed by atoms with van der Waals surface area (Å²) >= 11 is 0. The molecule has 1 amide bonds. The summed E-state index contributed by atoms with van der Waals surface area (Å²) in [5, 5.41) is 3.06. The largest absolute Gasteiger partial charge is 0.373 e. The third kappa shape index (κ3) is 7.50. The van der Waals surface area contributed by atoms with Crippen LogP contribution in [0.2, 0.25) is 0 Å². The van der Waals surface area contributed by atoms with Crippen LogP contribution in [0.25, 0.3) is 0 Å². The van der Waals surface area contributed by atoms with Gasteiger partial charge in [0.2, 0.25) is 5.91 Å². The van der Waals surface area contributed by atoms with E-state index in [4.69, 9.17) is 10.5 Å². The fourth-order valence-electron chi connectivity index (χ4n) is 2.89. The molecule has 1 fully saturated rings. The summed E-state index contributed by atoms with van der Waals surface area (Å²) < 4.78 is 5.92. The van der Waals surface area contributed by atoms with Gasteiger partial charge in [0.15, 0.2) is 0 Å². The number of halogens is 2. The Morgan fingerprint density at radius 1 is 1.28 bits per heavy atom. The van der Waals surface area contributed by atoms with E-state index in [1.807, 2.05) is 13.0 Å². The van der Waals surface area contributed by atoms with Gasteiger partial charge in [0, 0.05) is 19.6 Å². The second-order valence-electron chi connectivity index (χ2n) is 6.17. The van der Waals surface area contributed by atoms with Crippen molar-refractivity contribution in [3.63, 3.8) is 0 Å². The zero-order valence-electron chi connectivity index (χ0n) is 15.0. The number of nitrogens with one attached hydrogen (secondary N) is 1. The number of nitrogens with zero attached hydrogens (tertiary/aromatic N) is 1. The van der Waals surface area contributed by atoms with E-state index in [1.54, 1.807) is 0 Å². The van der Waals surface area contributed by atoms with Crippen molar-refractivity contribution in [2.45, 2.75) is 51.4 Å². The molecule has 1 aromatic carbocycles. The number of morpholine rings is 1. The normalized spacial score (nSPS) is 19.9. The van der Waals surface area contributed by atoms with Crippen LogP contribution < -0.4 is 11.1 Å². The predicted molar refractivity (Wildman–Crippen MR) is 106 cm³/mol. The number of nitrogens with two attached hydrogens (primary N) is 1. The Hall–Kier alpha value is -0.850. The molecule has 0 aromatic heterocycles. The molecule has 1 saturated heterocycles. The summed E-state index contributed by atoms with van der Waals surface area (Å²) in [6.07, 6.45) is 1.51. The number of rotatable bonds is 7. The first-order valence-corrected chi connectivity index (χ1v) is 8.57. The second kappa shape index (κ2) is 12.5. The zero-order chi connectivity index (χ0) is 16.7. The smallest absolute Gasteiger partial charge is 0.237 e. The summed E-state index contributed by atoms with van der Waals surface area (Å²) in [6.45, 7) is 7.36. The minimum Gasteiger partial charge on any atom is -0.373 e. The molecule has 1 aliphatic rings. The first-order chi connectivity index (χ1) is 11.1. The summed E-state index contributed by atoms with van der Waals surface area (Å²) in [7, 11) is 0. The molecule has 0 radical (unpaired) electrons. The molecule has 0 aliphatic carbocycles. The minimum absolute atomic E-state index is 0. The van der Waals surface area contributed by atoms with Crippen LogP contribution in [-0.2, 0) is 16.1 Å². The summed E-state index contributed by atoms with van der Waals surface area (Å²) in [6, 6.07) is 10.0. The van der Waals surface area contributed by atoms with Crippen molar-refractivity contribution in [3.8, 4) is 0 Å². The molecule has 0 spiro atoms. The zero-order valence-corrected chi connectivity index (χ0v) is 16.7. The van der Waals surface area contributed by atoms with Gasteiger partial charge in [0.25, 0.3) is 0 Å². The van der Waals surface area contributed by atoms with Gasteiger partial charge in [-0.05, 0) is 18.4 Å². The van der Waals surface area contributed by atoms with Gasteiger partial charge < -0.3 is 15.8 Å². The lowest BCUT2D eigenvalue weighted by atomic mass is 10.0. The van der Waals surface area contributed by atoms with Crippen LogP contribution in [0.4, 0.5) is 0 Å². The maximum absolute atomic E-state index is 12.1. The van der Waals surface area contributed by atoms with Crippen LogP contribution in [0, 0.1) is 0 Å². The van der Waals surface area contributed by atoms with Crippen molar-refractivity contribution in [2.75, 3.05) is 19.7 Å². The Morgan fingerprint density at radius 2 is 1.96 bits per heavy atom. The van der Waals surface area contributed by atoms with E-state index < -0.39 is 6.04 Å². The maximum Gasteiger partial charge on any atom is 0.237 e. The first-order valence-electron chi connectivity index (χ1n) is 8.57. The van der Waals surface area contributed by atoms with E-state index in [9.17, 15) is 4.79 Å². The number of carbonyl (C=O) groups excluding carboxylic acids is 1. The van der Waals surface area contributed by atoms with Crippen molar-refractivity contribution in [1.29, 1.82) is 0 Å². The Balaban J connectivity index is 0.00000288. The molecule has 0 saturated carbocycles. The lowest BCUT2D eigenvalue weighted by Crippen LogP contribution is -2.55. The third-order valence-corrected chi connectivity index (χ3v) is 4.42. The maximum atomic E-state index is 12.1. The van der Waals surface area contributed by atoms with Crippen LogP contribution >= 0.6 is 24.8 Å². The quantitative estimate of drug-likeness (QED) is 0.748. The van der Waals surface area contributed by atoms with Crippen molar-refractivity contribution in [3.05, 3.63) is 35.9 Å². The number of amides is 1. The molecule has 1 aromatic rings. The summed E-state index contributed by atoms with van der Waals surface area (Å²) in [5.74, 6) is -0.0804. The number of ether oxygens (including phenoxy) is 1. The van der Waals surface area contributed by atoms with E-state index >= 15 is 0 Å². The van der Waals surface area contributed by atoms with E-state index in [0.717, 1.165) is 26.1 Å². The average Bonchev–Trinajstić information content (AvgIpc) is 2.59. The molecule has 25 heavy (non-hydrogen) atoms. The standard InChI is InChI=1S/C18H29N3O2.2ClH/c1-3-15(19)18(22)20-16(4-2)17-13-21(10-11-23-17)12-14-8-6-5-7-9-14;;/h5-9,15-17H,3-4,10-13,19H2,1-2H3,(H,20,22);2*1H/t15-,16?,17?;;/m0../s1.